The Labute approximate surface area is 158 Å². The average Bonchev–Trinajstić information content (AvgIpc) is 2.77. The predicted molar refractivity (Wildman–Crippen MR) is 107 cm³/mol. The number of thiocarbonyl (C=S) groups is 1. The smallest absolute Gasteiger partial charge is 0.254 e. The second kappa shape index (κ2) is 7.61. The molecule has 1 saturated heterocycles. The summed E-state index contributed by atoms with van der Waals surface area (Å²) in [5, 5.41) is 12.8. The van der Waals surface area contributed by atoms with Gasteiger partial charge in [0, 0.05) is 12.1 Å². The summed E-state index contributed by atoms with van der Waals surface area (Å²) >= 11 is 6.96. The lowest BCUT2D eigenvalue weighted by Gasteiger charge is -2.29. The molecule has 1 aliphatic rings. The van der Waals surface area contributed by atoms with Crippen LogP contribution in [0, 0.1) is 5.21 Å². The lowest BCUT2D eigenvalue weighted by molar-refractivity contribution is -0.523. The summed E-state index contributed by atoms with van der Waals surface area (Å²) in [5.41, 5.74) is 0.639. The maximum absolute atomic E-state index is 12.8. The Hall–Kier alpha value is -1.16. The van der Waals surface area contributed by atoms with Crippen LogP contribution in [0.3, 0.4) is 0 Å². The van der Waals surface area contributed by atoms with Crippen LogP contribution in [0.5, 0.6) is 0 Å². The molecule has 1 heterocycles. The van der Waals surface area contributed by atoms with Crippen LogP contribution in [0.4, 0.5) is 0 Å². The van der Waals surface area contributed by atoms with Gasteiger partial charge in [0.1, 0.15) is 9.07 Å². The van der Waals surface area contributed by atoms with Crippen molar-refractivity contribution in [3.8, 4) is 0 Å². The molecule has 1 aromatic carbocycles. The van der Waals surface area contributed by atoms with Gasteiger partial charge in [-0.05, 0) is 51.6 Å². The van der Waals surface area contributed by atoms with Gasteiger partial charge in [-0.1, -0.05) is 30.9 Å². The van der Waals surface area contributed by atoms with Crippen LogP contribution in [0.2, 0.25) is 0 Å². The predicted octanol–water partition coefficient (Wildman–Crippen LogP) is 2.37. The number of nitrogens with zero attached hydrogens (tertiary/aromatic N) is 2. The first-order chi connectivity index (χ1) is 11.6. The minimum absolute atomic E-state index is 0.162. The number of hydrogen-bond acceptors (Lipinski definition) is 5. The molecule has 9 heteroatoms. The molecule has 0 radical (unpaired) electrons. The van der Waals surface area contributed by atoms with Gasteiger partial charge in [-0.25, -0.2) is 13.1 Å². The fraction of sp³-hybridized carbons (Fsp3) is 0.500. The van der Waals surface area contributed by atoms with E-state index in [9.17, 15) is 13.6 Å². The van der Waals surface area contributed by atoms with Gasteiger partial charge in [-0.15, -0.1) is 0 Å². The standard InChI is InChI=1S/C16H23N3O3S3/c1-5-10-18-14(16(2,3)24-15(18)23)19(20)11-12-6-8-13(9-7-12)25(21,22)17-4/h6-9,11,14,17H,5,10H2,1-4H3/b19-11-/t14-/m1/s1. The van der Waals surface area contributed by atoms with Crippen molar-refractivity contribution in [2.75, 3.05) is 13.6 Å². The first-order valence-electron chi connectivity index (χ1n) is 7.96. The van der Waals surface area contributed by atoms with Crippen LogP contribution in [-0.4, -0.2) is 53.1 Å². The zero-order chi connectivity index (χ0) is 18.8. The largest absolute Gasteiger partial charge is 0.622 e. The molecule has 0 spiro atoms. The molecule has 1 atom stereocenters. The molecule has 25 heavy (non-hydrogen) atoms. The van der Waals surface area contributed by atoms with Gasteiger partial charge >= 0.3 is 0 Å². The van der Waals surface area contributed by atoms with E-state index in [0.717, 1.165) is 22.0 Å². The van der Waals surface area contributed by atoms with Crippen LogP contribution < -0.4 is 4.72 Å². The number of hydrogen-bond donors (Lipinski definition) is 1. The van der Waals surface area contributed by atoms with Crippen molar-refractivity contribution in [1.29, 1.82) is 0 Å². The minimum Gasteiger partial charge on any atom is -0.622 e. The maximum atomic E-state index is 12.8. The SMILES string of the molecule is CCCN1C(=S)SC(C)(C)[C@H]1/[N+]([O-])=C/c1ccc(S(=O)(=O)NC)cc1. The summed E-state index contributed by atoms with van der Waals surface area (Å²) in [6.45, 7) is 6.79. The lowest BCUT2D eigenvalue weighted by atomic mass is 10.1. The van der Waals surface area contributed by atoms with Gasteiger partial charge in [0.2, 0.25) is 10.0 Å². The van der Waals surface area contributed by atoms with E-state index in [2.05, 4.69) is 11.6 Å². The van der Waals surface area contributed by atoms with Crippen molar-refractivity contribution in [2.45, 2.75) is 43.0 Å². The molecule has 1 aliphatic heterocycles. The molecule has 0 bridgehead atoms. The molecule has 6 nitrogen and oxygen atoms in total. The average molecular weight is 402 g/mol. The van der Waals surface area contributed by atoms with E-state index in [1.54, 1.807) is 12.1 Å². The van der Waals surface area contributed by atoms with E-state index in [-0.39, 0.29) is 9.64 Å². The highest BCUT2D eigenvalue weighted by atomic mass is 32.2. The van der Waals surface area contributed by atoms with Crippen LogP contribution in [-0.2, 0) is 10.0 Å². The number of sulfonamides is 1. The van der Waals surface area contributed by atoms with Crippen molar-refractivity contribution < 1.29 is 13.2 Å². The van der Waals surface area contributed by atoms with E-state index in [0.29, 0.717) is 5.56 Å². The lowest BCUT2D eigenvalue weighted by Crippen LogP contribution is -2.48. The molecular formula is C16H23N3O3S3. The minimum atomic E-state index is -3.49. The highest BCUT2D eigenvalue weighted by Crippen LogP contribution is 2.41. The summed E-state index contributed by atoms with van der Waals surface area (Å²) in [6, 6.07) is 6.20. The van der Waals surface area contributed by atoms with E-state index < -0.39 is 16.2 Å². The number of benzene rings is 1. The van der Waals surface area contributed by atoms with Crippen LogP contribution in [0.1, 0.15) is 32.8 Å². The third-order valence-corrected chi connectivity index (χ3v) is 7.00. The van der Waals surface area contributed by atoms with Crippen molar-refractivity contribution in [3.05, 3.63) is 35.0 Å². The van der Waals surface area contributed by atoms with Gasteiger partial charge in [0.25, 0.3) is 6.17 Å². The zero-order valence-corrected chi connectivity index (χ0v) is 17.2. The molecular weight excluding hydrogens is 378 g/mol. The fourth-order valence-corrected chi connectivity index (χ4v) is 5.44. The zero-order valence-electron chi connectivity index (χ0n) is 14.7. The quantitative estimate of drug-likeness (QED) is 0.259. The van der Waals surface area contributed by atoms with Crippen LogP contribution in [0.25, 0.3) is 0 Å². The fourth-order valence-electron chi connectivity index (χ4n) is 2.78. The first kappa shape index (κ1) is 20.2. The Morgan fingerprint density at radius 2 is 2.00 bits per heavy atom. The molecule has 138 valence electrons. The number of rotatable bonds is 6. The summed E-state index contributed by atoms with van der Waals surface area (Å²) in [6.07, 6.45) is 1.99. The van der Waals surface area contributed by atoms with Gasteiger partial charge in [0.15, 0.2) is 6.21 Å². The Kier molecular flexibility index (Phi) is 6.13. The molecule has 0 saturated carbocycles. The molecule has 0 aliphatic carbocycles. The van der Waals surface area contributed by atoms with Gasteiger partial charge < -0.3 is 5.21 Å². The van der Waals surface area contributed by atoms with Gasteiger partial charge in [-0.2, -0.15) is 4.74 Å². The monoisotopic (exact) mass is 401 g/mol. The second-order valence-corrected chi connectivity index (χ2v) is 10.5. The first-order valence-corrected chi connectivity index (χ1v) is 10.7. The summed E-state index contributed by atoms with van der Waals surface area (Å²) < 4.78 is 27.1. The number of thioether (sulfide) groups is 1. The second-order valence-electron chi connectivity index (χ2n) is 6.30. The van der Waals surface area contributed by atoms with E-state index >= 15 is 0 Å². The Balaban J connectivity index is 2.32. The van der Waals surface area contributed by atoms with Crippen LogP contribution in [0.15, 0.2) is 29.2 Å². The molecule has 0 unspecified atom stereocenters. The van der Waals surface area contributed by atoms with Crippen molar-refractivity contribution in [1.82, 2.24) is 9.62 Å². The van der Waals surface area contributed by atoms with Gasteiger partial charge in [-0.3, -0.25) is 4.90 Å². The van der Waals surface area contributed by atoms with E-state index in [1.807, 2.05) is 18.7 Å². The van der Waals surface area contributed by atoms with Crippen molar-refractivity contribution >= 4 is 44.5 Å². The number of hydroxylamine groups is 1. The third kappa shape index (κ3) is 4.33. The summed E-state index contributed by atoms with van der Waals surface area (Å²) in [4.78, 5) is 2.12. The normalized spacial score (nSPS) is 21.0. The highest BCUT2D eigenvalue weighted by Gasteiger charge is 2.49. The van der Waals surface area contributed by atoms with Crippen molar-refractivity contribution in [3.63, 3.8) is 0 Å². The summed E-state index contributed by atoms with van der Waals surface area (Å²) in [5.74, 6) is 0. The molecule has 0 aromatic heterocycles. The Morgan fingerprint density at radius 1 is 1.40 bits per heavy atom. The van der Waals surface area contributed by atoms with Crippen LogP contribution >= 0.6 is 24.0 Å². The Morgan fingerprint density at radius 3 is 2.52 bits per heavy atom. The molecule has 2 rings (SSSR count). The number of nitrogens with one attached hydrogen (secondary N) is 1. The highest BCUT2D eigenvalue weighted by molar-refractivity contribution is 8.24. The van der Waals surface area contributed by atoms with E-state index in [4.69, 9.17) is 12.2 Å². The maximum Gasteiger partial charge on any atom is 0.254 e. The molecule has 0 amide bonds. The van der Waals surface area contributed by atoms with Gasteiger partial charge in [0.05, 0.1) is 4.90 Å². The molecule has 1 N–H and O–H groups in total. The van der Waals surface area contributed by atoms with E-state index in [1.165, 1.54) is 37.2 Å². The topological polar surface area (TPSA) is 75.5 Å². The molecule has 1 fully saturated rings. The Bertz CT molecular complexity index is 774. The molecule has 1 aromatic rings. The summed E-state index contributed by atoms with van der Waals surface area (Å²) in [7, 11) is -2.12. The van der Waals surface area contributed by atoms with Crippen molar-refractivity contribution in [2.24, 2.45) is 0 Å². The third-order valence-electron chi connectivity index (χ3n) is 3.94.